The van der Waals surface area contributed by atoms with E-state index < -0.39 is 0 Å². The van der Waals surface area contributed by atoms with Crippen LogP contribution in [-0.4, -0.2) is 25.2 Å². The van der Waals surface area contributed by atoms with Gasteiger partial charge in [0.15, 0.2) is 0 Å². The Balaban J connectivity index is 1.99. The van der Waals surface area contributed by atoms with E-state index >= 15 is 0 Å². The summed E-state index contributed by atoms with van der Waals surface area (Å²) < 4.78 is 11.3. The first kappa shape index (κ1) is 21.7. The van der Waals surface area contributed by atoms with Gasteiger partial charge in [0.05, 0.1) is 26.1 Å². The Hall–Kier alpha value is -1.36. The van der Waals surface area contributed by atoms with Crippen LogP contribution in [0.2, 0.25) is 0 Å². The SMILES string of the molecule is CCCCCCCCOC(=O)CCC(=O)OCCc1ccc(Br)cc1. The molecule has 0 aliphatic heterocycles. The molecule has 1 aromatic rings. The molecule has 0 N–H and O–H groups in total. The Morgan fingerprint density at radius 3 is 2.04 bits per heavy atom. The molecule has 0 saturated carbocycles. The number of carbonyl (C=O) groups is 2. The van der Waals surface area contributed by atoms with Gasteiger partial charge < -0.3 is 9.47 Å². The molecule has 5 heteroatoms. The highest BCUT2D eigenvalue weighted by atomic mass is 79.9. The maximum Gasteiger partial charge on any atom is 0.306 e. The summed E-state index contributed by atoms with van der Waals surface area (Å²) in [5, 5.41) is 0. The summed E-state index contributed by atoms with van der Waals surface area (Å²) in [7, 11) is 0. The van der Waals surface area contributed by atoms with Gasteiger partial charge in [-0.1, -0.05) is 67.1 Å². The molecule has 0 aliphatic rings. The second-order valence-corrected chi connectivity index (χ2v) is 7.00. The van der Waals surface area contributed by atoms with Crippen molar-refractivity contribution in [3.63, 3.8) is 0 Å². The van der Waals surface area contributed by atoms with Crippen LogP contribution < -0.4 is 0 Å². The van der Waals surface area contributed by atoms with E-state index in [0.717, 1.165) is 22.9 Å². The van der Waals surface area contributed by atoms with Crippen LogP contribution in [0.3, 0.4) is 0 Å². The fourth-order valence-corrected chi connectivity index (χ4v) is 2.61. The van der Waals surface area contributed by atoms with Crippen molar-refractivity contribution in [1.82, 2.24) is 0 Å². The number of carbonyl (C=O) groups excluding carboxylic acids is 2. The van der Waals surface area contributed by atoms with Crippen LogP contribution in [0.5, 0.6) is 0 Å². The number of ether oxygens (including phenoxy) is 2. The van der Waals surface area contributed by atoms with Crippen molar-refractivity contribution < 1.29 is 19.1 Å². The summed E-state index contributed by atoms with van der Waals surface area (Å²) in [6, 6.07) is 7.88. The van der Waals surface area contributed by atoms with E-state index in [1.807, 2.05) is 24.3 Å². The fourth-order valence-electron chi connectivity index (χ4n) is 2.35. The lowest BCUT2D eigenvalue weighted by atomic mass is 10.1. The largest absolute Gasteiger partial charge is 0.466 e. The Morgan fingerprint density at radius 1 is 0.840 bits per heavy atom. The molecule has 0 saturated heterocycles. The summed E-state index contributed by atoms with van der Waals surface area (Å²) in [5.74, 6) is -0.674. The van der Waals surface area contributed by atoms with E-state index in [0.29, 0.717) is 19.6 Å². The van der Waals surface area contributed by atoms with Gasteiger partial charge in [-0.15, -0.1) is 0 Å². The van der Waals surface area contributed by atoms with Crippen molar-refractivity contribution >= 4 is 27.9 Å². The molecule has 0 spiro atoms. The van der Waals surface area contributed by atoms with Crippen molar-refractivity contribution in [2.45, 2.75) is 64.7 Å². The van der Waals surface area contributed by atoms with Crippen molar-refractivity contribution in [3.8, 4) is 0 Å². The molecule has 0 aliphatic carbocycles. The van der Waals surface area contributed by atoms with Gasteiger partial charge in [-0.25, -0.2) is 0 Å². The predicted octanol–water partition coefficient (Wildman–Crippen LogP) is 5.22. The third-order valence-corrected chi connectivity index (χ3v) is 4.39. The third kappa shape index (κ3) is 11.8. The third-order valence-electron chi connectivity index (χ3n) is 3.86. The second kappa shape index (κ2) is 13.9. The lowest BCUT2D eigenvalue weighted by Crippen LogP contribution is -2.12. The Labute approximate surface area is 159 Å². The number of esters is 2. The average molecular weight is 413 g/mol. The van der Waals surface area contributed by atoms with Crippen molar-refractivity contribution in [2.75, 3.05) is 13.2 Å². The van der Waals surface area contributed by atoms with Gasteiger partial charge in [-0.2, -0.15) is 0 Å². The highest BCUT2D eigenvalue weighted by Crippen LogP contribution is 2.11. The standard InChI is InChI=1S/C20H29BrO4/c1-2-3-4-5-6-7-15-24-19(22)12-13-20(23)25-16-14-17-8-10-18(21)11-9-17/h8-11H,2-7,12-16H2,1H3. The Bertz CT molecular complexity index is 499. The molecule has 0 aromatic heterocycles. The lowest BCUT2D eigenvalue weighted by molar-refractivity contribution is -0.150. The minimum Gasteiger partial charge on any atom is -0.466 e. The van der Waals surface area contributed by atoms with E-state index in [9.17, 15) is 9.59 Å². The van der Waals surface area contributed by atoms with Crippen molar-refractivity contribution in [1.29, 1.82) is 0 Å². The zero-order chi connectivity index (χ0) is 18.3. The number of hydrogen-bond acceptors (Lipinski definition) is 4. The molecule has 0 radical (unpaired) electrons. The highest BCUT2D eigenvalue weighted by molar-refractivity contribution is 9.10. The first-order valence-corrected chi connectivity index (χ1v) is 9.96. The summed E-state index contributed by atoms with van der Waals surface area (Å²) in [6.45, 7) is 2.96. The van der Waals surface area contributed by atoms with E-state index in [4.69, 9.17) is 9.47 Å². The van der Waals surface area contributed by atoms with Crippen LogP contribution in [0.1, 0.15) is 63.9 Å². The number of rotatable bonds is 13. The molecule has 0 atom stereocenters. The van der Waals surface area contributed by atoms with Gasteiger partial charge in [0.2, 0.25) is 0 Å². The Morgan fingerprint density at radius 2 is 1.40 bits per heavy atom. The molecule has 0 fully saturated rings. The Kier molecular flexibility index (Phi) is 12.0. The second-order valence-electron chi connectivity index (χ2n) is 6.09. The van der Waals surface area contributed by atoms with Crippen molar-refractivity contribution in [2.24, 2.45) is 0 Å². The zero-order valence-corrected chi connectivity index (χ0v) is 16.7. The minimum absolute atomic E-state index is 0.0790. The van der Waals surface area contributed by atoms with Gasteiger partial charge >= 0.3 is 11.9 Å². The summed E-state index contributed by atoms with van der Waals surface area (Å²) in [6.07, 6.45) is 7.76. The molecule has 25 heavy (non-hydrogen) atoms. The molecule has 0 heterocycles. The normalized spacial score (nSPS) is 10.5. The molecule has 0 amide bonds. The monoisotopic (exact) mass is 412 g/mol. The number of halogens is 1. The van der Waals surface area contributed by atoms with Gasteiger partial charge in [-0.3, -0.25) is 9.59 Å². The molecule has 0 bridgehead atoms. The summed E-state index contributed by atoms with van der Waals surface area (Å²) >= 11 is 3.38. The highest BCUT2D eigenvalue weighted by Gasteiger charge is 2.09. The molecule has 1 aromatic carbocycles. The minimum atomic E-state index is -0.353. The lowest BCUT2D eigenvalue weighted by Gasteiger charge is -2.06. The van der Waals surface area contributed by atoms with Crippen LogP contribution in [0.4, 0.5) is 0 Å². The first-order valence-electron chi connectivity index (χ1n) is 9.17. The van der Waals surface area contributed by atoms with Crippen LogP contribution in [-0.2, 0) is 25.5 Å². The maximum absolute atomic E-state index is 11.6. The van der Waals surface area contributed by atoms with Crippen LogP contribution in [0.25, 0.3) is 0 Å². The topological polar surface area (TPSA) is 52.6 Å². The smallest absolute Gasteiger partial charge is 0.306 e. The van der Waals surface area contributed by atoms with E-state index in [1.165, 1.54) is 25.7 Å². The van der Waals surface area contributed by atoms with E-state index in [-0.39, 0.29) is 24.8 Å². The fraction of sp³-hybridized carbons (Fsp3) is 0.600. The zero-order valence-electron chi connectivity index (χ0n) is 15.1. The van der Waals surface area contributed by atoms with Gasteiger partial charge in [0.25, 0.3) is 0 Å². The molecule has 0 unspecified atom stereocenters. The first-order chi connectivity index (χ1) is 12.1. The maximum atomic E-state index is 11.6. The van der Waals surface area contributed by atoms with Crippen LogP contribution in [0, 0.1) is 0 Å². The molecular weight excluding hydrogens is 384 g/mol. The van der Waals surface area contributed by atoms with Crippen LogP contribution in [0.15, 0.2) is 28.7 Å². The van der Waals surface area contributed by atoms with Crippen molar-refractivity contribution in [3.05, 3.63) is 34.3 Å². The number of benzene rings is 1. The number of unbranched alkanes of at least 4 members (excludes halogenated alkanes) is 5. The summed E-state index contributed by atoms with van der Waals surface area (Å²) in [4.78, 5) is 23.2. The van der Waals surface area contributed by atoms with E-state index in [1.54, 1.807) is 0 Å². The molecule has 1 rings (SSSR count). The predicted molar refractivity (Wildman–Crippen MR) is 102 cm³/mol. The molecule has 140 valence electrons. The summed E-state index contributed by atoms with van der Waals surface area (Å²) in [5.41, 5.74) is 1.11. The average Bonchev–Trinajstić information content (AvgIpc) is 2.61. The van der Waals surface area contributed by atoms with Gasteiger partial charge in [-0.05, 0) is 24.1 Å². The van der Waals surface area contributed by atoms with Crippen LogP contribution >= 0.6 is 15.9 Å². The number of hydrogen-bond donors (Lipinski definition) is 0. The molecular formula is C20H29BrO4. The quantitative estimate of drug-likeness (QED) is 0.329. The molecule has 4 nitrogen and oxygen atoms in total. The van der Waals surface area contributed by atoms with Gasteiger partial charge in [0.1, 0.15) is 0 Å². The van der Waals surface area contributed by atoms with E-state index in [2.05, 4.69) is 22.9 Å². The van der Waals surface area contributed by atoms with Gasteiger partial charge in [0, 0.05) is 10.9 Å².